The normalized spacial score (nSPS) is 11.8. The van der Waals surface area contributed by atoms with Crippen LogP contribution in [0.4, 0.5) is 26.3 Å². The van der Waals surface area contributed by atoms with Crippen LogP contribution in [-0.4, -0.2) is 29.1 Å². The van der Waals surface area contributed by atoms with Gasteiger partial charge in [-0.3, -0.25) is 19.9 Å². The fourth-order valence-electron chi connectivity index (χ4n) is 13.7. The first-order chi connectivity index (χ1) is 46.9. The molecule has 0 aliphatic heterocycles. The van der Waals surface area contributed by atoms with Crippen molar-refractivity contribution in [2.45, 2.75) is 12.4 Å². The minimum atomic E-state index is -5.30. The lowest BCUT2D eigenvalue weighted by atomic mass is 9.90. The Morgan fingerprint density at radius 3 is 0.906 bits per heavy atom. The topological polar surface area (TPSA) is 85.2 Å². The lowest BCUT2D eigenvalue weighted by Gasteiger charge is -2.24. The molecule has 0 spiro atoms. The molecule has 0 radical (unpaired) electrons. The molecule has 0 saturated carbocycles. The zero-order chi connectivity index (χ0) is 65.2. The van der Waals surface area contributed by atoms with Gasteiger partial charge in [0.25, 0.3) is 0 Å². The van der Waals surface area contributed by atoms with Crippen molar-refractivity contribution in [3.8, 4) is 118 Å². The van der Waals surface area contributed by atoms with Crippen LogP contribution in [0.5, 0.6) is 0 Å². The van der Waals surface area contributed by atoms with Crippen LogP contribution in [-0.2, 0) is 12.4 Å². The highest BCUT2D eigenvalue weighted by Crippen LogP contribution is 2.51. The summed E-state index contributed by atoms with van der Waals surface area (Å²) in [6.45, 7) is 0. The lowest BCUT2D eigenvalue weighted by Crippen LogP contribution is -2.16. The van der Waals surface area contributed by atoms with Crippen molar-refractivity contribution in [3.63, 3.8) is 0 Å². The fourth-order valence-corrected chi connectivity index (χ4v) is 13.7. The number of rotatable bonds is 11. The van der Waals surface area contributed by atoms with E-state index in [9.17, 15) is 5.26 Å². The maximum absolute atomic E-state index is 15.9. The van der Waals surface area contributed by atoms with E-state index < -0.39 is 34.6 Å². The number of pyridine rings is 4. The molecular formula is C83H49F6N7. The minimum absolute atomic E-state index is 0.196. The van der Waals surface area contributed by atoms with Crippen LogP contribution >= 0.6 is 0 Å². The number of nitriles is 1. The molecule has 0 unspecified atom stereocenters. The van der Waals surface area contributed by atoms with E-state index in [0.717, 1.165) is 95.0 Å². The fraction of sp³-hybridized carbons (Fsp3) is 0.0241. The first-order valence-corrected chi connectivity index (χ1v) is 30.9. The highest BCUT2D eigenvalue weighted by molar-refractivity contribution is 6.15. The van der Waals surface area contributed by atoms with Crippen molar-refractivity contribution in [2.24, 2.45) is 0 Å². The quantitative estimate of drug-likeness (QED) is 0.120. The third-order valence-electron chi connectivity index (χ3n) is 17.9. The summed E-state index contributed by atoms with van der Waals surface area (Å²) in [4.78, 5) is 19.4. The van der Waals surface area contributed by atoms with Crippen LogP contribution in [0.3, 0.4) is 0 Å². The van der Waals surface area contributed by atoms with E-state index in [4.69, 9.17) is 19.9 Å². The third-order valence-corrected chi connectivity index (χ3v) is 17.9. The van der Waals surface area contributed by atoms with Gasteiger partial charge >= 0.3 is 12.4 Å². The summed E-state index contributed by atoms with van der Waals surface area (Å²) in [6.07, 6.45) is -3.67. The second-order valence-electron chi connectivity index (χ2n) is 23.4. The molecule has 0 amide bonds. The molecule has 0 saturated heterocycles. The molecule has 16 rings (SSSR count). The molecule has 0 fully saturated rings. The zero-order valence-corrected chi connectivity index (χ0v) is 50.7. The lowest BCUT2D eigenvalue weighted by molar-refractivity contribution is -0.142. The van der Waals surface area contributed by atoms with Crippen LogP contribution in [0.1, 0.15) is 16.7 Å². The Kier molecular flexibility index (Phi) is 14.4. The molecule has 96 heavy (non-hydrogen) atoms. The number of fused-ring (bicyclic) bond motifs is 6. The van der Waals surface area contributed by atoms with Crippen LogP contribution in [0.15, 0.2) is 298 Å². The maximum atomic E-state index is 15.9. The molecule has 6 heterocycles. The van der Waals surface area contributed by atoms with Crippen LogP contribution < -0.4 is 0 Å². The first-order valence-electron chi connectivity index (χ1n) is 30.9. The first kappa shape index (κ1) is 58.5. The summed E-state index contributed by atoms with van der Waals surface area (Å²) in [5, 5.41) is 14.9. The van der Waals surface area contributed by atoms with E-state index in [1.165, 1.54) is 12.1 Å². The van der Waals surface area contributed by atoms with Gasteiger partial charge in [-0.05, 0) is 113 Å². The molecule has 0 N–H and O–H groups in total. The predicted octanol–water partition coefficient (Wildman–Crippen LogP) is 22.4. The number of halogens is 6. The van der Waals surface area contributed by atoms with Gasteiger partial charge in [-0.1, -0.05) is 182 Å². The third kappa shape index (κ3) is 10.1. The van der Waals surface area contributed by atoms with E-state index in [0.29, 0.717) is 56.4 Å². The number of alkyl halides is 6. The Labute approximate surface area is 546 Å². The predicted molar refractivity (Wildman–Crippen MR) is 370 cm³/mol. The Balaban J connectivity index is 1.02. The molecule has 7 nitrogen and oxygen atoms in total. The van der Waals surface area contributed by atoms with Gasteiger partial charge in [-0.25, -0.2) is 0 Å². The summed E-state index contributed by atoms with van der Waals surface area (Å²) in [7, 11) is 0. The van der Waals surface area contributed by atoms with Crippen LogP contribution in [0.2, 0.25) is 0 Å². The van der Waals surface area contributed by atoms with E-state index in [-0.39, 0.29) is 16.9 Å². The largest absolute Gasteiger partial charge is 0.417 e. The standard InChI is InChI=1S/C83H49F6N7/c84-82(85,86)69-30-13-31-70(83(87,88)89)76(69)63-36-41-75(95-71-37-32-55(59-26-14-42-91-77(59)51-18-5-1-6-19-51)46-64(71)65-47-56(33-38-72(65)95)60-27-15-43-92-78(60)52-20-7-2-8-21-52)68(50-90)81(63)96-73-39-34-57(61-28-16-44-93-79(61)53-22-9-3-10-23-53)48-66(73)67-49-58(35-40-74(67)96)62-29-17-45-94-80(62)54-24-11-4-12-25-54/h1-49H. The molecule has 6 aromatic heterocycles. The number of aromatic nitrogens is 6. The molecule has 0 atom stereocenters. The average Bonchev–Trinajstić information content (AvgIpc) is 1.52. The summed E-state index contributed by atoms with van der Waals surface area (Å²) in [6, 6.07) is 85.0. The smallest absolute Gasteiger partial charge is 0.308 e. The van der Waals surface area contributed by atoms with Gasteiger partial charge in [-0.15, -0.1) is 0 Å². The molecule has 0 aliphatic carbocycles. The van der Waals surface area contributed by atoms with Crippen molar-refractivity contribution < 1.29 is 26.3 Å². The highest BCUT2D eigenvalue weighted by atomic mass is 19.4. The van der Waals surface area contributed by atoms with Gasteiger partial charge in [0.15, 0.2) is 0 Å². The van der Waals surface area contributed by atoms with Crippen molar-refractivity contribution in [1.29, 1.82) is 5.26 Å². The number of hydrogen-bond donors (Lipinski definition) is 0. The van der Waals surface area contributed by atoms with Crippen molar-refractivity contribution in [1.82, 2.24) is 29.1 Å². The summed E-state index contributed by atoms with van der Waals surface area (Å²) < 4.78 is 99.1. The van der Waals surface area contributed by atoms with Gasteiger partial charge in [-0.2, -0.15) is 31.6 Å². The van der Waals surface area contributed by atoms with E-state index in [1.54, 1.807) is 29.4 Å². The molecule has 0 aliphatic rings. The van der Waals surface area contributed by atoms with E-state index in [1.807, 2.05) is 235 Å². The van der Waals surface area contributed by atoms with Crippen LogP contribution in [0, 0.1) is 11.3 Å². The highest BCUT2D eigenvalue weighted by Gasteiger charge is 2.42. The molecular weight excluding hydrogens is 1210 g/mol. The van der Waals surface area contributed by atoms with Crippen molar-refractivity contribution >= 4 is 43.6 Å². The van der Waals surface area contributed by atoms with Gasteiger partial charge in [0.05, 0.1) is 67.3 Å². The van der Waals surface area contributed by atoms with E-state index in [2.05, 4.69) is 18.2 Å². The number of nitrogens with zero attached hydrogens (tertiary/aromatic N) is 7. The molecule has 10 aromatic carbocycles. The van der Waals surface area contributed by atoms with Gasteiger partial charge in [0.1, 0.15) is 11.6 Å². The van der Waals surface area contributed by atoms with Gasteiger partial charge in [0.2, 0.25) is 0 Å². The molecule has 0 bridgehead atoms. The van der Waals surface area contributed by atoms with Gasteiger partial charge in [0, 0.05) is 102 Å². The average molecular weight is 1260 g/mol. The van der Waals surface area contributed by atoms with E-state index >= 15 is 26.3 Å². The van der Waals surface area contributed by atoms with Crippen LogP contribution in [0.25, 0.3) is 156 Å². The number of hydrogen-bond acceptors (Lipinski definition) is 5. The van der Waals surface area contributed by atoms with Crippen molar-refractivity contribution in [3.05, 3.63) is 314 Å². The summed E-state index contributed by atoms with van der Waals surface area (Å²) in [5.41, 5.74) is 9.82. The molecule has 13 heteroatoms. The Bertz CT molecular complexity index is 5440. The van der Waals surface area contributed by atoms with Gasteiger partial charge < -0.3 is 9.13 Å². The summed E-state index contributed by atoms with van der Waals surface area (Å²) in [5.74, 6) is 0. The Morgan fingerprint density at radius 1 is 0.292 bits per heavy atom. The maximum Gasteiger partial charge on any atom is 0.417 e. The molecule has 458 valence electrons. The Morgan fingerprint density at radius 2 is 0.604 bits per heavy atom. The number of benzene rings is 10. The second-order valence-corrected chi connectivity index (χ2v) is 23.4. The minimum Gasteiger partial charge on any atom is -0.308 e. The summed E-state index contributed by atoms with van der Waals surface area (Å²) >= 11 is 0. The SMILES string of the molecule is N#Cc1c(-n2c3ccc(-c4cccnc4-c4ccccc4)cc3c3cc(-c4cccnc4-c4ccccc4)ccc32)ccc(-c2c(C(F)(F)F)cccc2C(F)(F)F)c1-n1c2ccc(-c3cccnc3-c3ccccc3)cc2c2cc(-c3cccnc3-c3ccccc3)ccc21. The molecule has 16 aromatic rings. The monoisotopic (exact) mass is 1260 g/mol. The zero-order valence-electron chi connectivity index (χ0n) is 50.7. The second kappa shape index (κ2) is 23.5. The Hall–Kier alpha value is -12.5. The van der Waals surface area contributed by atoms with Crippen molar-refractivity contribution in [2.75, 3.05) is 0 Å².